The van der Waals surface area contributed by atoms with Crippen LogP contribution in [0.5, 0.6) is 0 Å². The van der Waals surface area contributed by atoms with Crippen LogP contribution in [0.2, 0.25) is 0 Å². The maximum absolute atomic E-state index is 13.4. The number of rotatable bonds is 3. The molecule has 0 fully saturated rings. The van der Waals surface area contributed by atoms with Gasteiger partial charge in [-0.1, -0.05) is 62.4 Å². The number of anilines is 1. The maximum atomic E-state index is 13.4. The van der Waals surface area contributed by atoms with E-state index in [1.54, 1.807) is 24.3 Å². The molecule has 5 rings (SSSR count). The summed E-state index contributed by atoms with van der Waals surface area (Å²) in [6, 6.07) is 18.7. The number of para-hydroxylation sites is 1. The van der Waals surface area contributed by atoms with E-state index >= 15 is 0 Å². The minimum absolute atomic E-state index is 0.0696. The van der Waals surface area contributed by atoms with Crippen LogP contribution in [0, 0.1) is 15.5 Å². The average Bonchev–Trinajstić information content (AvgIpc) is 2.76. The highest BCUT2D eigenvalue weighted by atomic mass is 16.6. The Bertz CT molecular complexity index is 1330. The van der Waals surface area contributed by atoms with E-state index in [0.29, 0.717) is 12.0 Å². The number of hydrogen-bond acceptors (Lipinski definition) is 4. The SMILES string of the molecule is CC1(C)CC(=O)C2=C(C1)C(/C=C/c1ccccc1[N+](=O)[O-])Nc1ccc3ccccc3c12. The van der Waals surface area contributed by atoms with Gasteiger partial charge in [-0.25, -0.2) is 0 Å². The van der Waals surface area contributed by atoms with Gasteiger partial charge in [0.25, 0.3) is 5.69 Å². The Morgan fingerprint density at radius 2 is 1.78 bits per heavy atom. The fourth-order valence-corrected chi connectivity index (χ4v) is 5.01. The fourth-order valence-electron chi connectivity index (χ4n) is 5.01. The van der Waals surface area contributed by atoms with Crippen molar-refractivity contribution in [3.05, 3.63) is 93.6 Å². The molecule has 1 aliphatic carbocycles. The van der Waals surface area contributed by atoms with Gasteiger partial charge in [0, 0.05) is 29.3 Å². The summed E-state index contributed by atoms with van der Waals surface area (Å²) in [4.78, 5) is 24.5. The van der Waals surface area contributed by atoms with Crippen molar-refractivity contribution in [2.45, 2.75) is 32.7 Å². The van der Waals surface area contributed by atoms with E-state index < -0.39 is 0 Å². The molecule has 0 saturated heterocycles. The fraction of sp³-hybridized carbons (Fsp3) is 0.222. The normalized spacial score (nSPS) is 19.6. The number of carbonyl (C=O) groups is 1. The third kappa shape index (κ3) is 3.40. The summed E-state index contributed by atoms with van der Waals surface area (Å²) in [5.74, 6) is 0.166. The Kier molecular flexibility index (Phi) is 4.70. The summed E-state index contributed by atoms with van der Waals surface area (Å²) in [7, 11) is 0. The summed E-state index contributed by atoms with van der Waals surface area (Å²) >= 11 is 0. The largest absolute Gasteiger partial charge is 0.375 e. The lowest BCUT2D eigenvalue weighted by atomic mass is 9.68. The Hall–Kier alpha value is -3.73. The predicted molar refractivity (Wildman–Crippen MR) is 128 cm³/mol. The molecule has 32 heavy (non-hydrogen) atoms. The van der Waals surface area contributed by atoms with E-state index in [2.05, 4.69) is 37.4 Å². The molecule has 3 aromatic rings. The quantitative estimate of drug-likeness (QED) is 0.390. The molecule has 0 spiro atoms. The van der Waals surface area contributed by atoms with E-state index in [0.717, 1.165) is 39.6 Å². The van der Waals surface area contributed by atoms with Crippen molar-refractivity contribution in [2.24, 2.45) is 5.41 Å². The highest BCUT2D eigenvalue weighted by molar-refractivity contribution is 6.28. The molecule has 5 nitrogen and oxygen atoms in total. The summed E-state index contributed by atoms with van der Waals surface area (Å²) in [6.45, 7) is 4.24. The van der Waals surface area contributed by atoms with Crippen LogP contribution in [0.4, 0.5) is 11.4 Å². The van der Waals surface area contributed by atoms with Gasteiger partial charge < -0.3 is 5.32 Å². The first-order chi connectivity index (χ1) is 15.3. The third-order valence-electron chi connectivity index (χ3n) is 6.38. The van der Waals surface area contributed by atoms with Gasteiger partial charge in [-0.2, -0.15) is 0 Å². The average molecular weight is 425 g/mol. The Balaban J connectivity index is 1.67. The van der Waals surface area contributed by atoms with E-state index in [9.17, 15) is 14.9 Å². The number of nitro benzene ring substituents is 1. The van der Waals surface area contributed by atoms with Crippen molar-refractivity contribution < 1.29 is 9.72 Å². The van der Waals surface area contributed by atoms with Crippen LogP contribution in [-0.2, 0) is 4.79 Å². The smallest absolute Gasteiger partial charge is 0.276 e. The number of ketones is 1. The number of fused-ring (bicyclic) bond motifs is 4. The number of benzene rings is 3. The molecular weight excluding hydrogens is 400 g/mol. The zero-order valence-corrected chi connectivity index (χ0v) is 18.1. The number of nitrogens with zero attached hydrogens (tertiary/aromatic N) is 1. The molecule has 0 amide bonds. The number of nitro groups is 1. The van der Waals surface area contributed by atoms with E-state index in [-0.39, 0.29) is 27.9 Å². The van der Waals surface area contributed by atoms with Gasteiger partial charge in [0.15, 0.2) is 5.78 Å². The highest BCUT2D eigenvalue weighted by Crippen LogP contribution is 2.48. The molecule has 1 N–H and O–H groups in total. The summed E-state index contributed by atoms with van der Waals surface area (Å²) in [5, 5.41) is 17.2. The molecule has 0 aromatic heterocycles. The molecule has 1 atom stereocenters. The van der Waals surface area contributed by atoms with Gasteiger partial charge in [0.2, 0.25) is 0 Å². The molecule has 0 saturated carbocycles. The predicted octanol–water partition coefficient (Wildman–Crippen LogP) is 6.40. The lowest BCUT2D eigenvalue weighted by molar-refractivity contribution is -0.385. The second kappa shape index (κ2) is 7.45. The Labute approximate surface area is 186 Å². The minimum Gasteiger partial charge on any atom is -0.375 e. The summed E-state index contributed by atoms with van der Waals surface area (Å²) in [5.41, 5.74) is 4.26. The van der Waals surface area contributed by atoms with Crippen molar-refractivity contribution in [1.82, 2.24) is 0 Å². The van der Waals surface area contributed by atoms with Crippen LogP contribution in [0.1, 0.15) is 37.8 Å². The van der Waals surface area contributed by atoms with Crippen molar-refractivity contribution in [3.63, 3.8) is 0 Å². The number of allylic oxidation sites excluding steroid dienone is 1. The van der Waals surface area contributed by atoms with Crippen LogP contribution in [0.3, 0.4) is 0 Å². The molecule has 5 heteroatoms. The standard InChI is InChI=1S/C27H24N2O3/c1-27(2)15-20-21(13-12-18-8-4-6-10-23(18)29(31)32)28-22-14-11-17-7-3-5-9-19(17)25(22)26(20)24(30)16-27/h3-14,21,28H,15-16H2,1-2H3/b13-12+. The third-order valence-corrected chi connectivity index (χ3v) is 6.38. The molecule has 160 valence electrons. The number of carbonyl (C=O) groups excluding carboxylic acids is 1. The van der Waals surface area contributed by atoms with Crippen molar-refractivity contribution in [2.75, 3.05) is 5.32 Å². The Morgan fingerprint density at radius 1 is 1.03 bits per heavy atom. The maximum Gasteiger partial charge on any atom is 0.276 e. The zero-order chi connectivity index (χ0) is 22.5. The molecule has 1 heterocycles. The van der Waals surface area contributed by atoms with Gasteiger partial charge in [0.05, 0.1) is 16.5 Å². The lowest BCUT2D eigenvalue weighted by Crippen LogP contribution is -2.35. The van der Waals surface area contributed by atoms with Crippen LogP contribution in [0.15, 0.2) is 72.3 Å². The Morgan fingerprint density at radius 3 is 2.59 bits per heavy atom. The van der Waals surface area contributed by atoms with Crippen LogP contribution in [-0.4, -0.2) is 16.7 Å². The van der Waals surface area contributed by atoms with Gasteiger partial charge in [0.1, 0.15) is 0 Å². The molecule has 1 unspecified atom stereocenters. The highest BCUT2D eigenvalue weighted by Gasteiger charge is 2.39. The van der Waals surface area contributed by atoms with Gasteiger partial charge in [-0.3, -0.25) is 14.9 Å². The monoisotopic (exact) mass is 424 g/mol. The van der Waals surface area contributed by atoms with Crippen LogP contribution < -0.4 is 5.32 Å². The minimum atomic E-state index is -0.368. The van der Waals surface area contributed by atoms with Crippen molar-refractivity contribution >= 4 is 39.6 Å². The first-order valence-electron chi connectivity index (χ1n) is 10.8. The first-order valence-corrected chi connectivity index (χ1v) is 10.8. The molecule has 1 aliphatic heterocycles. The summed E-state index contributed by atoms with van der Waals surface area (Å²) < 4.78 is 0. The van der Waals surface area contributed by atoms with Gasteiger partial charge in [-0.15, -0.1) is 0 Å². The van der Waals surface area contributed by atoms with Crippen molar-refractivity contribution in [1.29, 1.82) is 0 Å². The van der Waals surface area contributed by atoms with E-state index in [1.165, 1.54) is 6.07 Å². The van der Waals surface area contributed by atoms with Crippen molar-refractivity contribution in [3.8, 4) is 0 Å². The number of hydrogen-bond donors (Lipinski definition) is 1. The second-order valence-corrected chi connectivity index (χ2v) is 9.35. The number of nitrogens with one attached hydrogen (secondary N) is 1. The van der Waals surface area contributed by atoms with E-state index in [4.69, 9.17) is 0 Å². The van der Waals surface area contributed by atoms with Crippen LogP contribution >= 0.6 is 0 Å². The molecule has 0 bridgehead atoms. The molecular formula is C27H24N2O3. The molecule has 3 aromatic carbocycles. The lowest BCUT2D eigenvalue weighted by Gasteiger charge is -2.39. The summed E-state index contributed by atoms with van der Waals surface area (Å²) in [6.07, 6.45) is 5.04. The molecule has 0 radical (unpaired) electrons. The van der Waals surface area contributed by atoms with Gasteiger partial charge >= 0.3 is 0 Å². The first kappa shape index (κ1) is 20.2. The second-order valence-electron chi connectivity index (χ2n) is 9.35. The zero-order valence-electron chi connectivity index (χ0n) is 18.1. The molecule has 2 aliphatic rings. The topological polar surface area (TPSA) is 72.2 Å². The van der Waals surface area contributed by atoms with Gasteiger partial charge in [-0.05, 0) is 46.4 Å². The number of Topliss-reactive ketones (excluding diaryl/α,β-unsaturated/α-hetero) is 1. The van der Waals surface area contributed by atoms with Crippen LogP contribution in [0.25, 0.3) is 22.4 Å². The van der Waals surface area contributed by atoms with E-state index in [1.807, 2.05) is 24.3 Å².